The standard InChI is InChI=1S/C19H13FN4/c20-16-3-1-13(2-4-16)17-18(14-5-9-21-10-6-14)24-19(23-17)15-7-11-22-12-8-15/h1-12H,(H,23,24). The molecule has 0 radical (unpaired) electrons. The molecule has 5 heteroatoms. The van der Waals surface area contributed by atoms with E-state index in [1.807, 2.05) is 24.3 Å². The maximum atomic E-state index is 13.3. The zero-order valence-electron chi connectivity index (χ0n) is 12.6. The van der Waals surface area contributed by atoms with Crippen molar-refractivity contribution < 1.29 is 4.39 Å². The highest BCUT2D eigenvalue weighted by Crippen LogP contribution is 2.32. The van der Waals surface area contributed by atoms with E-state index in [-0.39, 0.29) is 5.82 Å². The Morgan fingerprint density at radius 1 is 0.667 bits per heavy atom. The van der Waals surface area contributed by atoms with E-state index in [2.05, 4.69) is 15.0 Å². The third-order valence-electron chi connectivity index (χ3n) is 3.74. The normalized spacial score (nSPS) is 10.7. The first-order valence-corrected chi connectivity index (χ1v) is 7.48. The van der Waals surface area contributed by atoms with E-state index in [0.717, 1.165) is 33.9 Å². The van der Waals surface area contributed by atoms with Crippen LogP contribution < -0.4 is 0 Å². The molecule has 3 aromatic heterocycles. The molecule has 3 heterocycles. The van der Waals surface area contributed by atoms with Crippen LogP contribution in [0.25, 0.3) is 33.9 Å². The molecule has 0 saturated heterocycles. The minimum absolute atomic E-state index is 0.266. The average molecular weight is 316 g/mol. The highest BCUT2D eigenvalue weighted by Gasteiger charge is 2.15. The molecule has 0 spiro atoms. The molecule has 116 valence electrons. The molecule has 4 aromatic rings. The van der Waals surface area contributed by atoms with Crippen molar-refractivity contribution in [3.63, 3.8) is 0 Å². The summed E-state index contributed by atoms with van der Waals surface area (Å²) in [6, 6.07) is 14.0. The molecule has 0 aliphatic heterocycles. The van der Waals surface area contributed by atoms with E-state index in [1.54, 1.807) is 36.9 Å². The van der Waals surface area contributed by atoms with Gasteiger partial charge >= 0.3 is 0 Å². The summed E-state index contributed by atoms with van der Waals surface area (Å²) in [6.07, 6.45) is 6.90. The second kappa shape index (κ2) is 6.04. The van der Waals surface area contributed by atoms with Gasteiger partial charge in [0.1, 0.15) is 11.6 Å². The van der Waals surface area contributed by atoms with E-state index in [4.69, 9.17) is 4.98 Å². The summed E-state index contributed by atoms with van der Waals surface area (Å²) < 4.78 is 13.3. The van der Waals surface area contributed by atoms with Gasteiger partial charge in [-0.1, -0.05) is 0 Å². The topological polar surface area (TPSA) is 54.5 Å². The van der Waals surface area contributed by atoms with Crippen molar-refractivity contribution in [3.05, 3.63) is 79.1 Å². The maximum Gasteiger partial charge on any atom is 0.138 e. The first-order valence-electron chi connectivity index (χ1n) is 7.48. The van der Waals surface area contributed by atoms with Gasteiger partial charge in [-0.15, -0.1) is 0 Å². The highest BCUT2D eigenvalue weighted by molar-refractivity contribution is 5.80. The van der Waals surface area contributed by atoms with Gasteiger partial charge in [0, 0.05) is 41.5 Å². The maximum absolute atomic E-state index is 13.3. The Kier molecular flexibility index (Phi) is 3.59. The second-order valence-electron chi connectivity index (χ2n) is 5.29. The number of nitrogens with zero attached hydrogens (tertiary/aromatic N) is 3. The summed E-state index contributed by atoms with van der Waals surface area (Å²) in [5, 5.41) is 0. The lowest BCUT2D eigenvalue weighted by atomic mass is 10.1. The van der Waals surface area contributed by atoms with Gasteiger partial charge in [-0.2, -0.15) is 0 Å². The minimum Gasteiger partial charge on any atom is -0.337 e. The van der Waals surface area contributed by atoms with Gasteiger partial charge in [0.2, 0.25) is 0 Å². The number of rotatable bonds is 3. The molecule has 1 N–H and O–H groups in total. The van der Waals surface area contributed by atoms with Crippen LogP contribution in [0.4, 0.5) is 4.39 Å². The molecular weight excluding hydrogens is 303 g/mol. The molecule has 0 bridgehead atoms. The smallest absolute Gasteiger partial charge is 0.138 e. The second-order valence-corrected chi connectivity index (χ2v) is 5.29. The van der Waals surface area contributed by atoms with E-state index in [1.165, 1.54) is 12.1 Å². The zero-order valence-corrected chi connectivity index (χ0v) is 12.6. The van der Waals surface area contributed by atoms with Crippen LogP contribution in [0.1, 0.15) is 0 Å². The number of halogens is 1. The predicted octanol–water partition coefficient (Wildman–Crippen LogP) is 4.34. The molecule has 1 aromatic carbocycles. The van der Waals surface area contributed by atoms with Gasteiger partial charge in [0.05, 0.1) is 11.4 Å². The fourth-order valence-electron chi connectivity index (χ4n) is 2.56. The van der Waals surface area contributed by atoms with Gasteiger partial charge < -0.3 is 4.98 Å². The molecular formula is C19H13FN4. The van der Waals surface area contributed by atoms with Gasteiger partial charge in [0.15, 0.2) is 0 Å². The third-order valence-corrected chi connectivity index (χ3v) is 3.74. The molecule has 0 saturated carbocycles. The van der Waals surface area contributed by atoms with Gasteiger partial charge in [-0.3, -0.25) is 9.97 Å². The zero-order chi connectivity index (χ0) is 16.4. The lowest BCUT2D eigenvalue weighted by Gasteiger charge is -2.02. The average Bonchev–Trinajstić information content (AvgIpc) is 3.09. The van der Waals surface area contributed by atoms with E-state index < -0.39 is 0 Å². The van der Waals surface area contributed by atoms with Crippen molar-refractivity contribution in [3.8, 4) is 33.9 Å². The Bertz CT molecular complexity index is 948. The van der Waals surface area contributed by atoms with Gasteiger partial charge in [-0.25, -0.2) is 9.37 Å². The van der Waals surface area contributed by atoms with Crippen LogP contribution in [-0.4, -0.2) is 19.9 Å². The van der Waals surface area contributed by atoms with Gasteiger partial charge in [-0.05, 0) is 48.5 Å². The van der Waals surface area contributed by atoms with E-state index >= 15 is 0 Å². The Balaban J connectivity index is 1.90. The number of hydrogen-bond donors (Lipinski definition) is 1. The summed E-state index contributed by atoms with van der Waals surface area (Å²) in [6.45, 7) is 0. The van der Waals surface area contributed by atoms with Crippen LogP contribution >= 0.6 is 0 Å². The van der Waals surface area contributed by atoms with Crippen LogP contribution in [0, 0.1) is 5.82 Å². The molecule has 4 nitrogen and oxygen atoms in total. The molecule has 24 heavy (non-hydrogen) atoms. The summed E-state index contributed by atoms with van der Waals surface area (Å²) >= 11 is 0. The fourth-order valence-corrected chi connectivity index (χ4v) is 2.56. The van der Waals surface area contributed by atoms with Crippen LogP contribution in [0.2, 0.25) is 0 Å². The number of nitrogens with one attached hydrogen (secondary N) is 1. The lowest BCUT2D eigenvalue weighted by Crippen LogP contribution is -1.84. The largest absolute Gasteiger partial charge is 0.337 e. The summed E-state index contributed by atoms with van der Waals surface area (Å²) in [7, 11) is 0. The van der Waals surface area contributed by atoms with Crippen LogP contribution in [0.5, 0.6) is 0 Å². The SMILES string of the molecule is Fc1ccc(-c2[nH]c(-c3ccncc3)nc2-c2ccncc2)cc1. The summed E-state index contributed by atoms with van der Waals surface area (Å²) in [4.78, 5) is 16.2. The van der Waals surface area contributed by atoms with Crippen molar-refractivity contribution in [1.82, 2.24) is 19.9 Å². The van der Waals surface area contributed by atoms with Crippen molar-refractivity contribution in [1.29, 1.82) is 0 Å². The fraction of sp³-hybridized carbons (Fsp3) is 0. The first kappa shape index (κ1) is 14.3. The predicted molar refractivity (Wildman–Crippen MR) is 90.4 cm³/mol. The highest BCUT2D eigenvalue weighted by atomic mass is 19.1. The van der Waals surface area contributed by atoms with Crippen LogP contribution in [-0.2, 0) is 0 Å². The lowest BCUT2D eigenvalue weighted by molar-refractivity contribution is 0.628. The van der Waals surface area contributed by atoms with E-state index in [9.17, 15) is 4.39 Å². The molecule has 0 aliphatic rings. The Labute approximate surface area is 138 Å². The minimum atomic E-state index is -0.266. The molecule has 0 atom stereocenters. The van der Waals surface area contributed by atoms with Crippen molar-refractivity contribution in [2.24, 2.45) is 0 Å². The number of pyridine rings is 2. The molecule has 0 aliphatic carbocycles. The molecule has 4 rings (SSSR count). The summed E-state index contributed by atoms with van der Waals surface area (Å²) in [5.41, 5.74) is 4.40. The molecule has 0 unspecified atom stereocenters. The Morgan fingerprint density at radius 3 is 1.88 bits per heavy atom. The molecule has 0 amide bonds. The van der Waals surface area contributed by atoms with Crippen molar-refractivity contribution >= 4 is 0 Å². The van der Waals surface area contributed by atoms with E-state index in [0.29, 0.717) is 0 Å². The van der Waals surface area contributed by atoms with Crippen LogP contribution in [0.3, 0.4) is 0 Å². The van der Waals surface area contributed by atoms with Crippen molar-refractivity contribution in [2.75, 3.05) is 0 Å². The van der Waals surface area contributed by atoms with Crippen molar-refractivity contribution in [2.45, 2.75) is 0 Å². The number of hydrogen-bond acceptors (Lipinski definition) is 3. The monoisotopic (exact) mass is 316 g/mol. The Hall–Kier alpha value is -3.34. The van der Waals surface area contributed by atoms with Gasteiger partial charge in [0.25, 0.3) is 0 Å². The number of aromatic nitrogens is 4. The van der Waals surface area contributed by atoms with Crippen LogP contribution in [0.15, 0.2) is 73.3 Å². The first-order chi connectivity index (χ1) is 11.8. The summed E-state index contributed by atoms with van der Waals surface area (Å²) in [5.74, 6) is 0.474. The number of H-pyrrole nitrogens is 1. The quantitative estimate of drug-likeness (QED) is 0.611. The third kappa shape index (κ3) is 2.67. The number of imidazole rings is 1. The number of benzene rings is 1. The molecule has 0 fully saturated rings. The number of aromatic amines is 1. The Morgan fingerprint density at radius 2 is 1.25 bits per heavy atom.